The lowest BCUT2D eigenvalue weighted by Crippen LogP contribution is -1.97. The van der Waals surface area contributed by atoms with Gasteiger partial charge in [0.25, 0.3) is 0 Å². The van der Waals surface area contributed by atoms with Gasteiger partial charge in [0.05, 0.1) is 11.3 Å². The van der Waals surface area contributed by atoms with Crippen LogP contribution in [0.15, 0.2) is 12.3 Å². The van der Waals surface area contributed by atoms with Crippen LogP contribution in [0.1, 0.15) is 36.6 Å². The summed E-state index contributed by atoms with van der Waals surface area (Å²) in [6, 6.07) is 4.10. The van der Waals surface area contributed by atoms with Crippen molar-refractivity contribution in [2.24, 2.45) is 0 Å². The second kappa shape index (κ2) is 3.36. The van der Waals surface area contributed by atoms with Crippen LogP contribution >= 0.6 is 0 Å². The third-order valence-electron chi connectivity index (χ3n) is 1.91. The van der Waals surface area contributed by atoms with Gasteiger partial charge in [-0.1, -0.05) is 13.8 Å². The number of rotatable bonds is 1. The lowest BCUT2D eigenvalue weighted by Gasteiger charge is -2.08. The van der Waals surface area contributed by atoms with Crippen molar-refractivity contribution >= 4 is 0 Å². The maximum absolute atomic E-state index is 8.86. The van der Waals surface area contributed by atoms with E-state index in [0.29, 0.717) is 5.92 Å². The molecule has 2 nitrogen and oxygen atoms in total. The quantitative estimate of drug-likeness (QED) is 0.632. The van der Waals surface area contributed by atoms with Crippen LogP contribution in [0.25, 0.3) is 0 Å². The molecule has 1 rings (SSSR count). The molecule has 0 amide bonds. The maximum atomic E-state index is 8.86. The molecule has 0 aliphatic heterocycles. The van der Waals surface area contributed by atoms with Crippen molar-refractivity contribution in [3.8, 4) is 6.07 Å². The third-order valence-corrected chi connectivity index (χ3v) is 1.91. The van der Waals surface area contributed by atoms with Gasteiger partial charge in [-0.05, 0) is 24.5 Å². The molecule has 1 heterocycles. The fraction of sp³-hybridized carbons (Fsp3) is 0.400. The standard InChI is InChI=1S/C10H12N2/c1-7(2)9-4-5-12-8(3)10(9)6-11/h4-5,7H,1-3H3. The lowest BCUT2D eigenvalue weighted by molar-refractivity contribution is 0.854. The Balaban J connectivity index is 3.30. The van der Waals surface area contributed by atoms with E-state index in [4.69, 9.17) is 5.26 Å². The minimum absolute atomic E-state index is 0.390. The topological polar surface area (TPSA) is 36.7 Å². The van der Waals surface area contributed by atoms with Crippen molar-refractivity contribution in [3.05, 3.63) is 29.1 Å². The number of pyridine rings is 1. The third kappa shape index (κ3) is 1.45. The molecule has 0 N–H and O–H groups in total. The minimum Gasteiger partial charge on any atom is -0.260 e. The van der Waals surface area contributed by atoms with Gasteiger partial charge in [0.1, 0.15) is 6.07 Å². The number of aromatic nitrogens is 1. The molecule has 0 aromatic carbocycles. The van der Waals surface area contributed by atoms with Gasteiger partial charge in [-0.25, -0.2) is 0 Å². The van der Waals surface area contributed by atoms with Crippen LogP contribution in [0, 0.1) is 18.3 Å². The molecule has 0 bridgehead atoms. The minimum atomic E-state index is 0.390. The van der Waals surface area contributed by atoms with Crippen LogP contribution in [0.5, 0.6) is 0 Å². The number of hydrogen-bond donors (Lipinski definition) is 0. The summed E-state index contributed by atoms with van der Waals surface area (Å²) in [6.07, 6.45) is 1.76. The molecule has 0 atom stereocenters. The normalized spacial score (nSPS) is 9.92. The van der Waals surface area contributed by atoms with Crippen LogP contribution in [-0.4, -0.2) is 4.98 Å². The molecular weight excluding hydrogens is 148 g/mol. The lowest BCUT2D eigenvalue weighted by atomic mass is 9.98. The maximum Gasteiger partial charge on any atom is 0.101 e. The summed E-state index contributed by atoms with van der Waals surface area (Å²) in [5, 5.41) is 8.86. The van der Waals surface area contributed by atoms with Crippen molar-refractivity contribution in [3.63, 3.8) is 0 Å². The van der Waals surface area contributed by atoms with Crippen molar-refractivity contribution in [1.82, 2.24) is 4.98 Å². The first kappa shape index (κ1) is 8.73. The summed E-state index contributed by atoms with van der Waals surface area (Å²) in [5.74, 6) is 0.390. The Hall–Kier alpha value is -1.36. The molecule has 0 spiro atoms. The fourth-order valence-electron chi connectivity index (χ4n) is 1.21. The molecule has 2 heteroatoms. The van der Waals surface area contributed by atoms with Crippen molar-refractivity contribution < 1.29 is 0 Å². The number of nitrogens with zero attached hydrogens (tertiary/aromatic N) is 2. The van der Waals surface area contributed by atoms with E-state index in [2.05, 4.69) is 24.9 Å². The monoisotopic (exact) mass is 160 g/mol. The molecule has 0 fully saturated rings. The van der Waals surface area contributed by atoms with Crippen molar-refractivity contribution in [1.29, 1.82) is 5.26 Å². The Morgan fingerprint density at radius 1 is 1.50 bits per heavy atom. The summed E-state index contributed by atoms with van der Waals surface area (Å²) >= 11 is 0. The molecule has 1 aromatic rings. The van der Waals surface area contributed by atoms with Crippen molar-refractivity contribution in [2.45, 2.75) is 26.7 Å². The molecule has 0 aliphatic carbocycles. The van der Waals surface area contributed by atoms with Gasteiger partial charge in [-0.3, -0.25) is 4.98 Å². The first-order valence-electron chi connectivity index (χ1n) is 4.02. The van der Waals surface area contributed by atoms with E-state index in [-0.39, 0.29) is 0 Å². The highest BCUT2D eigenvalue weighted by atomic mass is 14.7. The Labute approximate surface area is 72.9 Å². The van der Waals surface area contributed by atoms with E-state index in [1.165, 1.54) is 0 Å². The van der Waals surface area contributed by atoms with E-state index in [9.17, 15) is 0 Å². The SMILES string of the molecule is Cc1nccc(C(C)C)c1C#N. The summed E-state index contributed by atoms with van der Waals surface area (Å²) in [5.41, 5.74) is 2.64. The fourth-order valence-corrected chi connectivity index (χ4v) is 1.21. The van der Waals surface area contributed by atoms with Crippen LogP contribution in [0.4, 0.5) is 0 Å². The molecule has 12 heavy (non-hydrogen) atoms. The van der Waals surface area contributed by atoms with E-state index in [0.717, 1.165) is 16.8 Å². The molecule has 0 unspecified atom stereocenters. The largest absolute Gasteiger partial charge is 0.260 e. The summed E-state index contributed by atoms with van der Waals surface area (Å²) in [6.45, 7) is 6.02. The Morgan fingerprint density at radius 2 is 2.17 bits per heavy atom. The van der Waals surface area contributed by atoms with Crippen LogP contribution in [0.2, 0.25) is 0 Å². The molecule has 0 saturated heterocycles. The first-order valence-corrected chi connectivity index (χ1v) is 4.02. The Bertz CT molecular complexity index is 321. The average Bonchev–Trinajstić information content (AvgIpc) is 2.03. The predicted octanol–water partition coefficient (Wildman–Crippen LogP) is 2.39. The van der Waals surface area contributed by atoms with Gasteiger partial charge in [-0.2, -0.15) is 5.26 Å². The second-order valence-electron chi connectivity index (χ2n) is 3.13. The zero-order chi connectivity index (χ0) is 9.14. The van der Waals surface area contributed by atoms with E-state index < -0.39 is 0 Å². The molecule has 0 aliphatic rings. The van der Waals surface area contributed by atoms with Gasteiger partial charge in [0, 0.05) is 6.20 Å². The molecule has 0 radical (unpaired) electrons. The summed E-state index contributed by atoms with van der Waals surface area (Å²) in [4.78, 5) is 4.07. The highest BCUT2D eigenvalue weighted by Crippen LogP contribution is 2.19. The molecule has 0 saturated carbocycles. The van der Waals surface area contributed by atoms with E-state index >= 15 is 0 Å². The van der Waals surface area contributed by atoms with Crippen LogP contribution < -0.4 is 0 Å². The number of nitriles is 1. The predicted molar refractivity (Wildman–Crippen MR) is 47.8 cm³/mol. The highest BCUT2D eigenvalue weighted by molar-refractivity contribution is 5.41. The van der Waals surface area contributed by atoms with Crippen molar-refractivity contribution in [2.75, 3.05) is 0 Å². The first-order chi connectivity index (χ1) is 5.66. The van der Waals surface area contributed by atoms with Crippen LogP contribution in [0.3, 0.4) is 0 Å². The van der Waals surface area contributed by atoms with Gasteiger partial charge in [0.2, 0.25) is 0 Å². The second-order valence-corrected chi connectivity index (χ2v) is 3.13. The molecular formula is C10H12N2. The number of aryl methyl sites for hydroxylation is 1. The zero-order valence-corrected chi connectivity index (χ0v) is 7.63. The Morgan fingerprint density at radius 3 is 2.58 bits per heavy atom. The van der Waals surface area contributed by atoms with Gasteiger partial charge >= 0.3 is 0 Å². The molecule has 1 aromatic heterocycles. The van der Waals surface area contributed by atoms with Crippen LogP contribution in [-0.2, 0) is 0 Å². The van der Waals surface area contributed by atoms with Gasteiger partial charge < -0.3 is 0 Å². The number of hydrogen-bond acceptors (Lipinski definition) is 2. The average molecular weight is 160 g/mol. The summed E-state index contributed by atoms with van der Waals surface area (Å²) in [7, 11) is 0. The van der Waals surface area contributed by atoms with Gasteiger partial charge in [-0.15, -0.1) is 0 Å². The highest BCUT2D eigenvalue weighted by Gasteiger charge is 2.08. The zero-order valence-electron chi connectivity index (χ0n) is 7.63. The van der Waals surface area contributed by atoms with E-state index in [1.807, 2.05) is 13.0 Å². The summed E-state index contributed by atoms with van der Waals surface area (Å²) < 4.78 is 0. The smallest absolute Gasteiger partial charge is 0.101 e. The molecule has 62 valence electrons. The Kier molecular flexibility index (Phi) is 2.44. The van der Waals surface area contributed by atoms with Gasteiger partial charge in [0.15, 0.2) is 0 Å². The van der Waals surface area contributed by atoms with E-state index in [1.54, 1.807) is 6.20 Å².